The number of aryl methyl sites for hydroxylation is 1. The number of anilines is 3. The summed E-state index contributed by atoms with van der Waals surface area (Å²) in [4.78, 5) is 35.9. The zero-order valence-corrected chi connectivity index (χ0v) is 44.1. The topological polar surface area (TPSA) is 211 Å². The lowest BCUT2D eigenvalue weighted by atomic mass is 9.52. The largest absolute Gasteiger partial charge is 0.475 e. The standard InChI is InChI=1S/C53H82N10O10/c1-6-41-38-58-63-45(33-46(59-48(41)63)62-15-8-7-9-43(62)14-18-64)54-34-40-10-11-47(55-35-40)73-32-30-71-28-26-69-24-22-67-20-19-66-21-23-68-25-27-70-29-31-72-44-12-16-61(17-13-44)51-56-36-42(37-57-51)49(65)60-50-52(2,3)39-53(50,4)5/h10-11,33,35-38,43-44,50,54,64H,6-9,12-32,34,39H2,1-5H3,(H,60,65). The van der Waals surface area contributed by atoms with Crippen LogP contribution in [0.5, 0.6) is 5.88 Å². The number of aliphatic hydroxyl groups excluding tert-OH is 1. The van der Waals surface area contributed by atoms with Crippen LogP contribution in [0.25, 0.3) is 5.65 Å². The molecule has 1 saturated carbocycles. The third kappa shape index (κ3) is 16.9. The first-order valence-corrected chi connectivity index (χ1v) is 26.6. The van der Waals surface area contributed by atoms with Crippen molar-refractivity contribution < 1.29 is 47.8 Å². The lowest BCUT2D eigenvalue weighted by Gasteiger charge is -2.57. The predicted molar refractivity (Wildman–Crippen MR) is 278 cm³/mol. The van der Waals surface area contributed by atoms with E-state index in [1.54, 1.807) is 12.4 Å². The molecule has 20 heteroatoms. The summed E-state index contributed by atoms with van der Waals surface area (Å²) in [5.74, 6) is 2.85. The fourth-order valence-electron chi connectivity index (χ4n) is 10.5. The maximum absolute atomic E-state index is 12.9. The Labute approximate surface area is 431 Å². The molecule has 3 aliphatic rings. The molecule has 0 radical (unpaired) electrons. The van der Waals surface area contributed by atoms with Gasteiger partial charge in [0.1, 0.15) is 18.2 Å². The SMILES string of the molecule is CCc1cnn2c(NCc3ccc(OCCOCCOCCOCCOCCOCCOCCOC4CCN(c5ncc(C(=O)NC6C(C)(C)CC6(C)C)cn5)CC4)nc3)cc(N3CCCCC3CCO)nc12. The van der Waals surface area contributed by atoms with E-state index in [0.29, 0.717) is 116 Å². The number of carbonyl (C=O) groups is 1. The van der Waals surface area contributed by atoms with Crippen molar-refractivity contribution >= 4 is 29.1 Å². The van der Waals surface area contributed by atoms with Crippen LogP contribution in [-0.2, 0) is 46.1 Å². The number of hydrogen-bond acceptors (Lipinski definition) is 18. The Bertz CT molecular complexity index is 2210. The maximum atomic E-state index is 12.9. The number of hydrogen-bond donors (Lipinski definition) is 3. The number of ether oxygens (including phenoxy) is 8. The molecule has 4 aromatic heterocycles. The highest BCUT2D eigenvalue weighted by Gasteiger charge is 2.53. The maximum Gasteiger partial charge on any atom is 0.254 e. The van der Waals surface area contributed by atoms with E-state index in [0.717, 1.165) is 93.0 Å². The van der Waals surface area contributed by atoms with Gasteiger partial charge in [0.25, 0.3) is 5.91 Å². The highest BCUT2D eigenvalue weighted by atomic mass is 16.6. The molecule has 3 fully saturated rings. The van der Waals surface area contributed by atoms with Gasteiger partial charge in [-0.2, -0.15) is 9.61 Å². The van der Waals surface area contributed by atoms with E-state index in [9.17, 15) is 9.90 Å². The second-order valence-corrected chi connectivity index (χ2v) is 20.4. The minimum Gasteiger partial charge on any atom is -0.475 e. The van der Waals surface area contributed by atoms with Crippen molar-refractivity contribution in [3.8, 4) is 5.88 Å². The van der Waals surface area contributed by atoms with Crippen molar-refractivity contribution in [3.63, 3.8) is 0 Å². The number of piperidine rings is 2. The van der Waals surface area contributed by atoms with E-state index < -0.39 is 0 Å². The van der Waals surface area contributed by atoms with E-state index in [1.807, 2.05) is 29.0 Å². The van der Waals surface area contributed by atoms with Crippen LogP contribution in [0, 0.1) is 10.8 Å². The van der Waals surface area contributed by atoms with Crippen LogP contribution < -0.4 is 25.2 Å². The first kappa shape index (κ1) is 55.9. The van der Waals surface area contributed by atoms with E-state index >= 15 is 0 Å². The number of pyridine rings is 1. The molecule has 1 aliphatic carbocycles. The summed E-state index contributed by atoms with van der Waals surface area (Å²) in [6, 6.07) is 6.34. The third-order valence-corrected chi connectivity index (χ3v) is 13.9. The Balaban J connectivity index is 0.619. The summed E-state index contributed by atoms with van der Waals surface area (Å²) in [6.07, 6.45) is 14.9. The van der Waals surface area contributed by atoms with Gasteiger partial charge in [0.05, 0.1) is 104 Å². The van der Waals surface area contributed by atoms with Crippen molar-refractivity contribution in [2.24, 2.45) is 10.8 Å². The third-order valence-electron chi connectivity index (χ3n) is 13.9. The summed E-state index contributed by atoms with van der Waals surface area (Å²) in [5, 5.41) is 21.1. The van der Waals surface area contributed by atoms with Crippen molar-refractivity contribution in [1.82, 2.24) is 34.9 Å². The molecule has 3 N–H and O–H groups in total. The molecule has 404 valence electrons. The zero-order valence-electron chi connectivity index (χ0n) is 44.1. The molecule has 4 aromatic rings. The Hall–Kier alpha value is -4.80. The summed E-state index contributed by atoms with van der Waals surface area (Å²) in [5.41, 5.74) is 3.62. The first-order chi connectivity index (χ1) is 35.5. The Morgan fingerprint density at radius 2 is 1.36 bits per heavy atom. The van der Waals surface area contributed by atoms with Crippen LogP contribution in [0.15, 0.2) is 43.0 Å². The van der Waals surface area contributed by atoms with Crippen molar-refractivity contribution in [2.45, 2.75) is 111 Å². The molecule has 0 bridgehead atoms. The van der Waals surface area contributed by atoms with Crippen LogP contribution in [0.1, 0.15) is 101 Å². The average molecular weight is 1020 g/mol. The Kier molecular flexibility index (Phi) is 22.0. The van der Waals surface area contributed by atoms with Crippen LogP contribution >= 0.6 is 0 Å². The van der Waals surface area contributed by atoms with E-state index in [1.165, 1.54) is 6.42 Å². The van der Waals surface area contributed by atoms with Gasteiger partial charge in [-0.3, -0.25) is 4.79 Å². The molecule has 73 heavy (non-hydrogen) atoms. The number of amides is 1. The fraction of sp³-hybridized carbons (Fsp3) is 0.698. The van der Waals surface area contributed by atoms with Gasteiger partial charge in [0.2, 0.25) is 11.8 Å². The normalized spacial score (nSPS) is 18.0. The summed E-state index contributed by atoms with van der Waals surface area (Å²) >= 11 is 0. The molecule has 2 saturated heterocycles. The number of carbonyl (C=O) groups excluding carboxylic acids is 1. The molecule has 1 unspecified atom stereocenters. The average Bonchev–Trinajstić information content (AvgIpc) is 3.82. The smallest absolute Gasteiger partial charge is 0.254 e. The quantitative estimate of drug-likeness (QED) is 0.0500. The first-order valence-electron chi connectivity index (χ1n) is 26.6. The van der Waals surface area contributed by atoms with Gasteiger partial charge in [-0.25, -0.2) is 19.9 Å². The van der Waals surface area contributed by atoms with Gasteiger partial charge in [0.15, 0.2) is 5.65 Å². The number of rotatable bonds is 33. The molecular formula is C53H82N10O10. The number of aromatic nitrogens is 6. The van der Waals surface area contributed by atoms with Gasteiger partial charge in [0, 0.05) is 81.2 Å². The number of nitrogens with one attached hydrogen (secondary N) is 2. The second kappa shape index (κ2) is 28.8. The van der Waals surface area contributed by atoms with Crippen LogP contribution in [0.2, 0.25) is 0 Å². The Morgan fingerprint density at radius 1 is 0.740 bits per heavy atom. The monoisotopic (exact) mass is 1020 g/mol. The van der Waals surface area contributed by atoms with Gasteiger partial charge >= 0.3 is 0 Å². The lowest BCUT2D eigenvalue weighted by molar-refractivity contribution is -0.0366. The van der Waals surface area contributed by atoms with Gasteiger partial charge in [-0.15, -0.1) is 0 Å². The fourth-order valence-corrected chi connectivity index (χ4v) is 10.5. The Morgan fingerprint density at radius 3 is 1.93 bits per heavy atom. The lowest BCUT2D eigenvalue weighted by Crippen LogP contribution is -2.63. The molecule has 2 aliphatic heterocycles. The number of nitrogens with zero attached hydrogens (tertiary/aromatic N) is 8. The minimum atomic E-state index is -0.118. The highest BCUT2D eigenvalue weighted by Crippen LogP contribution is 2.53. The summed E-state index contributed by atoms with van der Waals surface area (Å²) < 4.78 is 47.5. The van der Waals surface area contributed by atoms with E-state index in [4.69, 9.17) is 42.9 Å². The molecule has 20 nitrogen and oxygen atoms in total. The molecule has 0 aromatic carbocycles. The molecule has 0 spiro atoms. The van der Waals surface area contributed by atoms with Crippen LogP contribution in [-0.4, -0.2) is 177 Å². The summed E-state index contributed by atoms with van der Waals surface area (Å²) in [6.45, 7) is 20.8. The van der Waals surface area contributed by atoms with Crippen LogP contribution in [0.3, 0.4) is 0 Å². The van der Waals surface area contributed by atoms with Crippen molar-refractivity contribution in [1.29, 1.82) is 0 Å². The number of fused-ring (bicyclic) bond motifs is 1. The van der Waals surface area contributed by atoms with Gasteiger partial charge in [-0.1, -0.05) is 40.7 Å². The predicted octanol–water partition coefficient (Wildman–Crippen LogP) is 5.55. The van der Waals surface area contributed by atoms with E-state index in [-0.39, 0.29) is 41.5 Å². The van der Waals surface area contributed by atoms with Crippen molar-refractivity contribution in [2.75, 3.05) is 134 Å². The van der Waals surface area contributed by atoms with Crippen LogP contribution in [0.4, 0.5) is 17.6 Å². The molecule has 7 rings (SSSR count). The highest BCUT2D eigenvalue weighted by molar-refractivity contribution is 5.94. The molecular weight excluding hydrogens is 937 g/mol. The van der Waals surface area contributed by atoms with E-state index in [2.05, 4.69) is 81.2 Å². The zero-order chi connectivity index (χ0) is 51.3. The minimum absolute atomic E-state index is 0.0838. The molecule has 6 heterocycles. The second-order valence-electron chi connectivity index (χ2n) is 20.4. The van der Waals surface area contributed by atoms with Gasteiger partial charge in [-0.05, 0) is 67.8 Å². The van der Waals surface area contributed by atoms with Gasteiger partial charge < -0.3 is 63.4 Å². The number of aliphatic hydroxyl groups is 1. The summed E-state index contributed by atoms with van der Waals surface area (Å²) in [7, 11) is 0. The molecule has 1 amide bonds. The van der Waals surface area contributed by atoms with Crippen molar-refractivity contribution in [3.05, 3.63) is 59.7 Å². The molecule has 1 atom stereocenters.